The van der Waals surface area contributed by atoms with Crippen LogP contribution in [-0.4, -0.2) is 47.1 Å². The molecular weight excluding hydrogens is 419 g/mol. The summed E-state index contributed by atoms with van der Waals surface area (Å²) in [6, 6.07) is 14.6. The van der Waals surface area contributed by atoms with Crippen LogP contribution in [0.2, 0.25) is 0 Å². The molecule has 0 unspecified atom stereocenters. The summed E-state index contributed by atoms with van der Waals surface area (Å²) in [5.41, 5.74) is 2.73. The zero-order valence-electron chi connectivity index (χ0n) is 16.1. The number of nitrogens with zero attached hydrogens (tertiary/aromatic N) is 1. The van der Waals surface area contributed by atoms with Gasteiger partial charge in [0.15, 0.2) is 6.61 Å². The molecule has 0 fully saturated rings. The lowest BCUT2D eigenvalue weighted by atomic mass is 10.1. The molecule has 2 aromatic carbocycles. The summed E-state index contributed by atoms with van der Waals surface area (Å²) >= 11 is 0. The highest BCUT2D eigenvalue weighted by atomic mass is 19.4. The van der Waals surface area contributed by atoms with E-state index in [4.69, 9.17) is 19.4 Å². The van der Waals surface area contributed by atoms with Crippen molar-refractivity contribution in [1.82, 2.24) is 10.2 Å². The molecule has 1 amide bonds. The van der Waals surface area contributed by atoms with Crippen molar-refractivity contribution >= 4 is 17.6 Å². The smallest absolute Gasteiger partial charge is 0.490 e. The van der Waals surface area contributed by atoms with Crippen molar-refractivity contribution in [3.63, 3.8) is 0 Å². The van der Waals surface area contributed by atoms with Gasteiger partial charge in [-0.3, -0.25) is 9.89 Å². The van der Waals surface area contributed by atoms with E-state index < -0.39 is 12.1 Å². The van der Waals surface area contributed by atoms with Crippen LogP contribution in [-0.2, 0) is 9.59 Å². The van der Waals surface area contributed by atoms with E-state index in [9.17, 15) is 18.0 Å². The lowest BCUT2D eigenvalue weighted by molar-refractivity contribution is -0.192. The summed E-state index contributed by atoms with van der Waals surface area (Å²) in [6.07, 6.45) is -1.52. The number of carbonyl (C=O) groups excluding carboxylic acids is 1. The zero-order chi connectivity index (χ0) is 22.9. The number of anilines is 1. The van der Waals surface area contributed by atoms with Crippen molar-refractivity contribution in [1.29, 1.82) is 0 Å². The number of benzene rings is 2. The van der Waals surface area contributed by atoms with E-state index in [0.717, 1.165) is 11.1 Å². The third-order valence-electron chi connectivity index (χ3n) is 3.65. The summed E-state index contributed by atoms with van der Waals surface area (Å²) in [4.78, 5) is 20.9. The molecule has 0 saturated heterocycles. The number of alkyl halides is 3. The molecule has 0 saturated carbocycles. The van der Waals surface area contributed by atoms with Gasteiger partial charge in [0.1, 0.15) is 11.5 Å². The number of methoxy groups -OCH3 is 1. The minimum atomic E-state index is -5.08. The molecule has 0 radical (unpaired) electrons. The predicted octanol–water partition coefficient (Wildman–Crippen LogP) is 3.74. The SMILES string of the molecule is COc1cccc(OCC(=O)Nc2ccc(-c3cn[nH]c3)cc2)c1.O=C(O)C(F)(F)F. The highest BCUT2D eigenvalue weighted by Crippen LogP contribution is 2.21. The first-order valence-electron chi connectivity index (χ1n) is 8.65. The first-order chi connectivity index (χ1) is 14.7. The number of nitrogens with one attached hydrogen (secondary N) is 2. The number of amides is 1. The Hall–Kier alpha value is -4.02. The Morgan fingerprint density at radius 3 is 2.29 bits per heavy atom. The lowest BCUT2D eigenvalue weighted by Gasteiger charge is -2.09. The van der Waals surface area contributed by atoms with E-state index in [-0.39, 0.29) is 12.5 Å². The van der Waals surface area contributed by atoms with Crippen LogP contribution in [0.15, 0.2) is 60.9 Å². The minimum absolute atomic E-state index is 0.0728. The normalized spacial score (nSPS) is 10.5. The number of aliphatic carboxylic acids is 1. The molecule has 0 spiro atoms. The van der Waals surface area contributed by atoms with Crippen LogP contribution in [0.3, 0.4) is 0 Å². The number of aromatic amines is 1. The molecule has 3 rings (SSSR count). The summed E-state index contributed by atoms with van der Waals surface area (Å²) < 4.78 is 42.3. The molecule has 8 nitrogen and oxygen atoms in total. The number of hydrogen-bond donors (Lipinski definition) is 3. The van der Waals surface area contributed by atoms with Crippen LogP contribution in [0.1, 0.15) is 0 Å². The van der Waals surface area contributed by atoms with Crippen molar-refractivity contribution in [3.05, 3.63) is 60.9 Å². The van der Waals surface area contributed by atoms with E-state index in [1.165, 1.54) is 0 Å². The topological polar surface area (TPSA) is 114 Å². The molecule has 1 heterocycles. The van der Waals surface area contributed by atoms with Gasteiger partial charge in [-0.15, -0.1) is 0 Å². The maximum atomic E-state index is 12.0. The third kappa shape index (κ3) is 7.72. The second-order valence-corrected chi connectivity index (χ2v) is 5.88. The van der Waals surface area contributed by atoms with Crippen LogP contribution in [0, 0.1) is 0 Å². The van der Waals surface area contributed by atoms with E-state index >= 15 is 0 Å². The average molecular weight is 437 g/mol. The van der Waals surface area contributed by atoms with Crippen molar-refractivity contribution < 1.29 is 37.3 Å². The molecular formula is C20H18F3N3O5. The summed E-state index contributed by atoms with van der Waals surface area (Å²) in [5.74, 6) is -1.72. The summed E-state index contributed by atoms with van der Waals surface area (Å²) in [6.45, 7) is -0.0728. The number of halogens is 3. The van der Waals surface area contributed by atoms with Crippen molar-refractivity contribution in [2.24, 2.45) is 0 Å². The quantitative estimate of drug-likeness (QED) is 0.542. The summed E-state index contributed by atoms with van der Waals surface area (Å²) in [5, 5.41) is 16.6. The second kappa shape index (κ2) is 10.7. The fourth-order valence-corrected chi connectivity index (χ4v) is 2.19. The van der Waals surface area contributed by atoms with Gasteiger partial charge in [0.05, 0.1) is 13.3 Å². The van der Waals surface area contributed by atoms with Gasteiger partial charge in [0.25, 0.3) is 5.91 Å². The Morgan fingerprint density at radius 2 is 1.74 bits per heavy atom. The average Bonchev–Trinajstić information content (AvgIpc) is 3.28. The number of rotatable bonds is 6. The number of ether oxygens (including phenoxy) is 2. The first kappa shape index (κ1) is 23.3. The Labute approximate surface area is 174 Å². The van der Waals surface area contributed by atoms with Gasteiger partial charge in [0, 0.05) is 23.5 Å². The third-order valence-corrected chi connectivity index (χ3v) is 3.65. The van der Waals surface area contributed by atoms with Crippen LogP contribution >= 0.6 is 0 Å². The van der Waals surface area contributed by atoms with Gasteiger partial charge >= 0.3 is 12.1 Å². The number of carboxylic acids is 1. The van der Waals surface area contributed by atoms with E-state index in [1.54, 1.807) is 31.5 Å². The van der Waals surface area contributed by atoms with E-state index in [2.05, 4.69) is 15.5 Å². The van der Waals surface area contributed by atoms with Crippen LogP contribution in [0.25, 0.3) is 11.1 Å². The maximum Gasteiger partial charge on any atom is 0.490 e. The second-order valence-electron chi connectivity index (χ2n) is 5.88. The molecule has 0 bridgehead atoms. The van der Waals surface area contributed by atoms with Crippen LogP contribution < -0.4 is 14.8 Å². The molecule has 31 heavy (non-hydrogen) atoms. The zero-order valence-corrected chi connectivity index (χ0v) is 16.1. The molecule has 3 aromatic rings. The number of aromatic nitrogens is 2. The number of H-pyrrole nitrogens is 1. The highest BCUT2D eigenvalue weighted by molar-refractivity contribution is 5.92. The Balaban J connectivity index is 0.000000423. The number of hydrogen-bond acceptors (Lipinski definition) is 5. The largest absolute Gasteiger partial charge is 0.497 e. The monoisotopic (exact) mass is 437 g/mol. The molecule has 0 aliphatic carbocycles. The molecule has 0 aliphatic rings. The molecule has 164 valence electrons. The van der Waals surface area contributed by atoms with Crippen molar-refractivity contribution in [2.75, 3.05) is 19.0 Å². The number of carbonyl (C=O) groups is 2. The fourth-order valence-electron chi connectivity index (χ4n) is 2.19. The Kier molecular flexibility index (Phi) is 8.01. The fraction of sp³-hybridized carbons (Fsp3) is 0.150. The van der Waals surface area contributed by atoms with Gasteiger partial charge in [-0.25, -0.2) is 4.79 Å². The lowest BCUT2D eigenvalue weighted by Crippen LogP contribution is -2.21. The van der Waals surface area contributed by atoms with E-state index in [0.29, 0.717) is 17.2 Å². The summed E-state index contributed by atoms with van der Waals surface area (Å²) in [7, 11) is 1.58. The van der Waals surface area contributed by atoms with Gasteiger partial charge < -0.3 is 19.9 Å². The van der Waals surface area contributed by atoms with Crippen molar-refractivity contribution in [2.45, 2.75) is 6.18 Å². The molecule has 1 aromatic heterocycles. The van der Waals surface area contributed by atoms with Gasteiger partial charge in [-0.1, -0.05) is 18.2 Å². The van der Waals surface area contributed by atoms with Crippen LogP contribution in [0.4, 0.5) is 18.9 Å². The predicted molar refractivity (Wildman–Crippen MR) is 105 cm³/mol. The molecule has 3 N–H and O–H groups in total. The van der Waals surface area contributed by atoms with Gasteiger partial charge in [0.2, 0.25) is 0 Å². The minimum Gasteiger partial charge on any atom is -0.497 e. The van der Waals surface area contributed by atoms with Crippen LogP contribution in [0.5, 0.6) is 11.5 Å². The first-order valence-corrected chi connectivity index (χ1v) is 8.65. The number of carboxylic acid groups (broad SMARTS) is 1. The Bertz CT molecular complexity index is 990. The molecule has 11 heteroatoms. The van der Waals surface area contributed by atoms with Gasteiger partial charge in [-0.2, -0.15) is 18.3 Å². The van der Waals surface area contributed by atoms with E-state index in [1.807, 2.05) is 36.5 Å². The maximum absolute atomic E-state index is 12.0. The molecule has 0 atom stereocenters. The van der Waals surface area contributed by atoms with Gasteiger partial charge in [-0.05, 0) is 29.8 Å². The standard InChI is InChI=1S/C18H17N3O3.C2HF3O2/c1-23-16-3-2-4-17(9-16)24-12-18(22)21-15-7-5-13(6-8-15)14-10-19-20-11-14;3-2(4,5)1(6)7/h2-11H,12H2,1H3,(H,19,20)(H,21,22);(H,6,7). The van der Waals surface area contributed by atoms with Crippen molar-refractivity contribution in [3.8, 4) is 22.6 Å². The highest BCUT2D eigenvalue weighted by Gasteiger charge is 2.38. The molecule has 0 aliphatic heterocycles. The Morgan fingerprint density at radius 1 is 1.10 bits per heavy atom.